The molecule has 5 atom stereocenters. The smallest absolute Gasteiger partial charge is 0.259 e. The standard InChI is InChI=1S/C41H46N6O7S2/c1-40(19-20-40)56(51,52)46-39(50)41-24-26(41)12-7-4-3-5-10-15-31(42-27-13-8-6-9-14-27)38(49)47-25-29(23-33(47)36(48)45-41)54-37-35(34-16-11-21-55-34)43-32-22-28(53-2)17-18-30(32)44-37/h6-9,11-14,16-18,21-22,26,29,31,33,42H,3-5,10,15,19-20,23-25H2,1-2H3,(H,45,48)(H,46,50)/b12-7-/t26-,29+,31-,33-,41+/m0/s1. The van der Waals surface area contributed by atoms with Gasteiger partial charge in [-0.05, 0) is 81.2 Å². The third-order valence-electron chi connectivity index (χ3n) is 11.5. The molecule has 4 aromatic rings. The van der Waals surface area contributed by atoms with Gasteiger partial charge in [-0.3, -0.25) is 19.1 Å². The second-order valence-electron chi connectivity index (χ2n) is 15.5. The average Bonchev–Trinajstić information content (AvgIpc) is 3.94. The number of methoxy groups -OCH3 is 1. The van der Waals surface area contributed by atoms with E-state index < -0.39 is 56.2 Å². The van der Waals surface area contributed by atoms with Crippen LogP contribution in [-0.2, 0) is 24.4 Å². The molecule has 2 aromatic heterocycles. The highest BCUT2D eigenvalue weighted by atomic mass is 32.2. The molecule has 56 heavy (non-hydrogen) atoms. The molecule has 2 aliphatic carbocycles. The first kappa shape index (κ1) is 37.9. The maximum atomic E-state index is 14.7. The summed E-state index contributed by atoms with van der Waals surface area (Å²) in [5, 5.41) is 8.33. The fraction of sp³-hybridized carbons (Fsp3) is 0.439. The minimum Gasteiger partial charge on any atom is -0.497 e. The van der Waals surface area contributed by atoms with Crippen molar-refractivity contribution >= 4 is 55.8 Å². The molecule has 3 N–H and O–H groups in total. The van der Waals surface area contributed by atoms with Crippen LogP contribution in [0.5, 0.6) is 11.6 Å². The van der Waals surface area contributed by atoms with Crippen molar-refractivity contribution in [3.63, 3.8) is 0 Å². The van der Waals surface area contributed by atoms with E-state index in [0.29, 0.717) is 41.7 Å². The van der Waals surface area contributed by atoms with Crippen molar-refractivity contribution in [3.8, 4) is 22.2 Å². The lowest BCUT2D eigenvalue weighted by atomic mass is 10.0. The quantitative estimate of drug-likeness (QED) is 0.182. The van der Waals surface area contributed by atoms with Gasteiger partial charge in [-0.1, -0.05) is 49.3 Å². The molecule has 15 heteroatoms. The Hall–Kier alpha value is -5.02. The minimum absolute atomic E-state index is 0.0748. The molecular formula is C41H46N6O7S2. The van der Waals surface area contributed by atoms with Crippen molar-refractivity contribution in [2.75, 3.05) is 19.0 Å². The predicted octanol–water partition coefficient (Wildman–Crippen LogP) is 5.59. The maximum Gasteiger partial charge on any atom is 0.259 e. The lowest BCUT2D eigenvalue weighted by Gasteiger charge is -2.30. The number of carbonyl (C=O) groups excluding carboxylic acids is 3. The highest BCUT2D eigenvalue weighted by Gasteiger charge is 2.63. The monoisotopic (exact) mass is 798 g/mol. The van der Waals surface area contributed by atoms with Crippen molar-refractivity contribution < 1.29 is 32.3 Å². The summed E-state index contributed by atoms with van der Waals surface area (Å²) in [4.78, 5) is 55.4. The summed E-state index contributed by atoms with van der Waals surface area (Å²) in [7, 11) is -2.38. The number of hydrogen-bond donors (Lipinski definition) is 3. The van der Waals surface area contributed by atoms with Crippen LogP contribution in [0.3, 0.4) is 0 Å². The Labute approximate surface area is 330 Å². The zero-order chi connectivity index (χ0) is 39.1. The topological polar surface area (TPSA) is 169 Å². The van der Waals surface area contributed by atoms with Gasteiger partial charge in [-0.25, -0.2) is 18.4 Å². The van der Waals surface area contributed by atoms with Gasteiger partial charge in [0.25, 0.3) is 5.91 Å². The number of nitrogens with one attached hydrogen (secondary N) is 3. The number of ether oxygens (including phenoxy) is 2. The van der Waals surface area contributed by atoms with Crippen LogP contribution in [0.15, 0.2) is 78.2 Å². The Morgan fingerprint density at radius 2 is 1.84 bits per heavy atom. The van der Waals surface area contributed by atoms with Crippen LogP contribution in [0.25, 0.3) is 21.6 Å². The Morgan fingerprint density at radius 1 is 1.02 bits per heavy atom. The number of allylic oxidation sites excluding steroid dienone is 1. The first-order chi connectivity index (χ1) is 27.0. The van der Waals surface area contributed by atoms with Crippen LogP contribution >= 0.6 is 11.3 Å². The van der Waals surface area contributed by atoms with E-state index in [1.54, 1.807) is 37.1 Å². The molecule has 0 unspecified atom stereocenters. The number of nitrogens with zero attached hydrogens (tertiary/aromatic N) is 3. The SMILES string of the molecule is COc1ccc2nc(O[C@@H]3C[C@H]4C(=O)N[C@]5(C(=O)NS(=O)(=O)C6(C)CC6)C[C@@H]5/C=C\CCCCC[C@H](Nc5ccccc5)C(=O)N4C3)c(-c3cccs3)nc2c1. The molecule has 2 saturated carbocycles. The third kappa shape index (κ3) is 7.58. The summed E-state index contributed by atoms with van der Waals surface area (Å²) >= 11 is 1.49. The number of rotatable bonds is 9. The predicted molar refractivity (Wildman–Crippen MR) is 214 cm³/mol. The zero-order valence-electron chi connectivity index (χ0n) is 31.4. The summed E-state index contributed by atoms with van der Waals surface area (Å²) in [6.07, 6.45) is 8.36. The van der Waals surface area contributed by atoms with Gasteiger partial charge in [0, 0.05) is 24.1 Å². The van der Waals surface area contributed by atoms with Crippen LogP contribution in [-0.4, -0.2) is 83.1 Å². The highest BCUT2D eigenvalue weighted by molar-refractivity contribution is 7.91. The molecule has 4 aliphatic rings. The summed E-state index contributed by atoms with van der Waals surface area (Å²) in [6, 6.07) is 17.1. The molecule has 8 rings (SSSR count). The summed E-state index contributed by atoms with van der Waals surface area (Å²) in [5.41, 5.74) is 1.05. The van der Waals surface area contributed by atoms with Crippen molar-refractivity contribution in [1.82, 2.24) is 24.9 Å². The lowest BCUT2D eigenvalue weighted by Crippen LogP contribution is -2.58. The molecule has 3 fully saturated rings. The number of thiophene rings is 1. The number of aromatic nitrogens is 2. The Bertz CT molecular complexity index is 2260. The van der Waals surface area contributed by atoms with Crippen LogP contribution in [0, 0.1) is 5.92 Å². The van der Waals surface area contributed by atoms with Crippen LogP contribution in [0.1, 0.15) is 64.7 Å². The number of para-hydroxylation sites is 1. The largest absolute Gasteiger partial charge is 0.497 e. The Balaban J connectivity index is 1.13. The fourth-order valence-electron chi connectivity index (χ4n) is 7.64. The third-order valence-corrected chi connectivity index (χ3v) is 14.5. The molecule has 1 saturated heterocycles. The van der Waals surface area contributed by atoms with Gasteiger partial charge >= 0.3 is 0 Å². The summed E-state index contributed by atoms with van der Waals surface area (Å²) < 4.78 is 39.8. The molecule has 3 amide bonds. The molecule has 4 heterocycles. The number of anilines is 1. The summed E-state index contributed by atoms with van der Waals surface area (Å²) in [5.74, 6) is -1.06. The van der Waals surface area contributed by atoms with Gasteiger partial charge in [0.1, 0.15) is 35.2 Å². The number of benzene rings is 2. The van der Waals surface area contributed by atoms with Crippen LogP contribution < -0.4 is 24.8 Å². The molecular weight excluding hydrogens is 753 g/mol. The molecule has 0 bridgehead atoms. The highest BCUT2D eigenvalue weighted by Crippen LogP contribution is 2.47. The van der Waals surface area contributed by atoms with E-state index in [-0.39, 0.29) is 31.2 Å². The van der Waals surface area contributed by atoms with Crippen molar-refractivity contribution in [2.45, 2.75) is 93.2 Å². The molecule has 2 aromatic carbocycles. The fourth-order valence-corrected chi connectivity index (χ4v) is 9.66. The Morgan fingerprint density at radius 3 is 2.59 bits per heavy atom. The first-order valence-electron chi connectivity index (χ1n) is 19.2. The van der Waals surface area contributed by atoms with E-state index in [1.807, 2.05) is 60.0 Å². The Kier molecular flexibility index (Phi) is 10.2. The van der Waals surface area contributed by atoms with Crippen LogP contribution in [0.4, 0.5) is 5.69 Å². The molecule has 0 radical (unpaired) electrons. The number of hydrogen-bond acceptors (Lipinski definition) is 11. The van der Waals surface area contributed by atoms with Gasteiger partial charge in [0.15, 0.2) is 0 Å². The van der Waals surface area contributed by atoms with Crippen molar-refractivity contribution in [1.29, 1.82) is 0 Å². The second-order valence-corrected chi connectivity index (χ2v) is 18.6. The first-order valence-corrected chi connectivity index (χ1v) is 21.6. The van der Waals surface area contributed by atoms with Gasteiger partial charge in [0.05, 0.1) is 34.3 Å². The van der Waals surface area contributed by atoms with Gasteiger partial charge in [-0.15, -0.1) is 11.3 Å². The van der Waals surface area contributed by atoms with Crippen molar-refractivity contribution in [3.05, 3.63) is 78.2 Å². The van der Waals surface area contributed by atoms with E-state index in [0.717, 1.165) is 36.2 Å². The molecule has 0 spiro atoms. The molecule has 2 aliphatic heterocycles. The zero-order valence-corrected chi connectivity index (χ0v) is 33.0. The number of amides is 3. The second kappa shape index (κ2) is 15.1. The van der Waals surface area contributed by atoms with E-state index in [9.17, 15) is 22.8 Å². The van der Waals surface area contributed by atoms with E-state index >= 15 is 0 Å². The van der Waals surface area contributed by atoms with Gasteiger partial charge in [-0.2, -0.15) is 0 Å². The number of sulfonamides is 1. The average molecular weight is 799 g/mol. The van der Waals surface area contributed by atoms with E-state index in [4.69, 9.17) is 19.4 Å². The molecule has 294 valence electrons. The van der Waals surface area contributed by atoms with Gasteiger partial charge in [0.2, 0.25) is 27.7 Å². The number of carbonyl (C=O) groups is 3. The normalized spacial score (nSPS) is 26.8. The number of fused-ring (bicyclic) bond motifs is 3. The van der Waals surface area contributed by atoms with E-state index in [2.05, 4.69) is 15.4 Å². The van der Waals surface area contributed by atoms with Gasteiger partial charge < -0.3 is 25.0 Å². The molecule has 13 nitrogen and oxygen atoms in total. The lowest BCUT2D eigenvalue weighted by molar-refractivity contribution is -0.140. The maximum absolute atomic E-state index is 14.7. The summed E-state index contributed by atoms with van der Waals surface area (Å²) in [6.45, 7) is 1.69. The van der Waals surface area contributed by atoms with E-state index in [1.165, 1.54) is 11.3 Å². The van der Waals surface area contributed by atoms with Crippen molar-refractivity contribution in [2.24, 2.45) is 5.92 Å². The minimum atomic E-state index is -3.97. The van der Waals surface area contributed by atoms with Crippen LogP contribution in [0.2, 0.25) is 0 Å².